The molecule has 0 aromatic carbocycles. The van der Waals surface area contributed by atoms with Crippen LogP contribution in [0.4, 0.5) is 5.82 Å². The second kappa shape index (κ2) is 2.44. The number of carbonyl (C=O) groups excluding carboxylic acids is 2. The SMILES string of the molecule is O=C1CC(=O)N(c2ccn[nH]2)C1. The summed E-state index contributed by atoms with van der Waals surface area (Å²) < 4.78 is 0. The molecular formula is C7H7N3O2. The van der Waals surface area contributed by atoms with Crippen molar-refractivity contribution in [2.24, 2.45) is 0 Å². The Morgan fingerprint density at radius 3 is 2.83 bits per heavy atom. The second-order valence-corrected chi connectivity index (χ2v) is 2.64. The average Bonchev–Trinajstić information content (AvgIpc) is 2.58. The molecule has 0 atom stereocenters. The fourth-order valence-electron chi connectivity index (χ4n) is 1.20. The maximum absolute atomic E-state index is 11.1. The minimum atomic E-state index is -0.163. The summed E-state index contributed by atoms with van der Waals surface area (Å²) in [5, 5.41) is 6.33. The molecule has 1 aliphatic heterocycles. The molecular weight excluding hydrogens is 158 g/mol. The zero-order chi connectivity index (χ0) is 8.55. The van der Waals surface area contributed by atoms with Crippen molar-refractivity contribution in [2.45, 2.75) is 6.42 Å². The van der Waals surface area contributed by atoms with Crippen molar-refractivity contribution in [1.29, 1.82) is 0 Å². The summed E-state index contributed by atoms with van der Waals surface area (Å²) >= 11 is 0. The highest BCUT2D eigenvalue weighted by atomic mass is 16.2. The number of H-pyrrole nitrogens is 1. The third-order valence-electron chi connectivity index (χ3n) is 1.76. The van der Waals surface area contributed by atoms with Gasteiger partial charge in [0, 0.05) is 6.07 Å². The van der Waals surface area contributed by atoms with E-state index in [1.165, 1.54) is 4.90 Å². The molecule has 1 saturated heterocycles. The number of nitrogens with zero attached hydrogens (tertiary/aromatic N) is 2. The highest BCUT2D eigenvalue weighted by Crippen LogP contribution is 2.15. The van der Waals surface area contributed by atoms with E-state index in [1.54, 1.807) is 12.3 Å². The van der Waals surface area contributed by atoms with Gasteiger partial charge < -0.3 is 0 Å². The van der Waals surface area contributed by atoms with Gasteiger partial charge in [0.1, 0.15) is 5.82 Å². The Bertz CT molecular complexity index is 317. The first kappa shape index (κ1) is 7.02. The van der Waals surface area contributed by atoms with Crippen LogP contribution < -0.4 is 4.90 Å². The van der Waals surface area contributed by atoms with Crippen molar-refractivity contribution < 1.29 is 9.59 Å². The van der Waals surface area contributed by atoms with E-state index >= 15 is 0 Å². The molecule has 12 heavy (non-hydrogen) atoms. The van der Waals surface area contributed by atoms with Gasteiger partial charge in [0.2, 0.25) is 5.91 Å². The van der Waals surface area contributed by atoms with Gasteiger partial charge in [0.25, 0.3) is 0 Å². The van der Waals surface area contributed by atoms with Crippen LogP contribution in [0.5, 0.6) is 0 Å². The van der Waals surface area contributed by atoms with E-state index in [9.17, 15) is 9.59 Å². The van der Waals surface area contributed by atoms with Crippen LogP contribution in [0.25, 0.3) is 0 Å². The number of carbonyl (C=O) groups is 2. The molecule has 0 spiro atoms. The van der Waals surface area contributed by atoms with E-state index in [2.05, 4.69) is 10.2 Å². The Morgan fingerprint density at radius 2 is 2.33 bits per heavy atom. The lowest BCUT2D eigenvalue weighted by Gasteiger charge is -2.09. The summed E-state index contributed by atoms with van der Waals surface area (Å²) in [4.78, 5) is 23.4. The molecule has 1 amide bonds. The summed E-state index contributed by atoms with van der Waals surface area (Å²) in [5.41, 5.74) is 0. The fraction of sp³-hybridized carbons (Fsp3) is 0.286. The number of aromatic amines is 1. The van der Waals surface area contributed by atoms with Crippen LogP contribution in [-0.4, -0.2) is 28.4 Å². The Hall–Kier alpha value is -1.65. The van der Waals surface area contributed by atoms with Crippen molar-refractivity contribution in [3.05, 3.63) is 12.3 Å². The van der Waals surface area contributed by atoms with Gasteiger partial charge in [0.15, 0.2) is 5.78 Å². The zero-order valence-electron chi connectivity index (χ0n) is 6.28. The van der Waals surface area contributed by atoms with Crippen LogP contribution in [0.1, 0.15) is 6.42 Å². The molecule has 0 aliphatic carbocycles. The van der Waals surface area contributed by atoms with Crippen molar-refractivity contribution in [1.82, 2.24) is 10.2 Å². The van der Waals surface area contributed by atoms with E-state index in [4.69, 9.17) is 0 Å². The van der Waals surface area contributed by atoms with Crippen LogP contribution >= 0.6 is 0 Å². The van der Waals surface area contributed by atoms with Gasteiger partial charge in [-0.2, -0.15) is 5.10 Å². The number of aromatic nitrogens is 2. The first-order chi connectivity index (χ1) is 5.77. The van der Waals surface area contributed by atoms with Gasteiger partial charge in [0.05, 0.1) is 19.2 Å². The molecule has 5 heteroatoms. The Morgan fingerprint density at radius 1 is 1.50 bits per heavy atom. The second-order valence-electron chi connectivity index (χ2n) is 2.64. The minimum absolute atomic E-state index is 0.0129. The number of rotatable bonds is 1. The quantitative estimate of drug-likeness (QED) is 0.582. The number of anilines is 1. The summed E-state index contributed by atoms with van der Waals surface area (Å²) in [7, 11) is 0. The Kier molecular flexibility index (Phi) is 1.43. The topological polar surface area (TPSA) is 66.1 Å². The monoisotopic (exact) mass is 165 g/mol. The lowest BCUT2D eigenvalue weighted by atomic mass is 10.3. The summed E-state index contributed by atoms with van der Waals surface area (Å²) in [6, 6.07) is 1.66. The van der Waals surface area contributed by atoms with Crippen molar-refractivity contribution in [3.63, 3.8) is 0 Å². The number of amides is 1. The number of hydrogen-bond acceptors (Lipinski definition) is 3. The van der Waals surface area contributed by atoms with E-state index in [-0.39, 0.29) is 24.7 Å². The lowest BCUT2D eigenvalue weighted by molar-refractivity contribution is -0.121. The molecule has 2 heterocycles. The molecule has 0 bridgehead atoms. The van der Waals surface area contributed by atoms with Crippen LogP contribution in [0.15, 0.2) is 12.3 Å². The molecule has 0 radical (unpaired) electrons. The van der Waals surface area contributed by atoms with E-state index in [0.717, 1.165) is 0 Å². The maximum Gasteiger partial charge on any atom is 0.236 e. The number of Topliss-reactive ketones (excluding diaryl/α,β-unsaturated/α-hetero) is 1. The fourth-order valence-corrected chi connectivity index (χ4v) is 1.20. The van der Waals surface area contributed by atoms with Gasteiger partial charge in [-0.15, -0.1) is 0 Å². The molecule has 5 nitrogen and oxygen atoms in total. The van der Waals surface area contributed by atoms with E-state index in [0.29, 0.717) is 5.82 Å². The van der Waals surface area contributed by atoms with Crippen molar-refractivity contribution in [2.75, 3.05) is 11.4 Å². The predicted molar refractivity (Wildman–Crippen MR) is 40.6 cm³/mol. The van der Waals surface area contributed by atoms with Gasteiger partial charge in [-0.1, -0.05) is 0 Å². The van der Waals surface area contributed by atoms with Crippen LogP contribution in [0.2, 0.25) is 0 Å². The maximum atomic E-state index is 11.1. The van der Waals surface area contributed by atoms with E-state index in [1.807, 2.05) is 0 Å². The third-order valence-corrected chi connectivity index (χ3v) is 1.76. The minimum Gasteiger partial charge on any atom is -0.297 e. The smallest absolute Gasteiger partial charge is 0.236 e. The summed E-state index contributed by atoms with van der Waals surface area (Å²) in [6.07, 6.45) is 1.56. The molecule has 1 fully saturated rings. The highest BCUT2D eigenvalue weighted by Gasteiger charge is 2.28. The van der Waals surface area contributed by atoms with Crippen molar-refractivity contribution >= 4 is 17.5 Å². The predicted octanol–water partition coefficient (Wildman–Crippen LogP) is -0.285. The first-order valence-corrected chi connectivity index (χ1v) is 3.59. The molecule has 1 aliphatic rings. The number of nitrogens with one attached hydrogen (secondary N) is 1. The lowest BCUT2D eigenvalue weighted by Crippen LogP contribution is -2.24. The standard InChI is InChI=1S/C7H7N3O2/c11-5-3-7(12)10(4-5)6-1-2-8-9-6/h1-2H,3-4H2,(H,8,9). The van der Waals surface area contributed by atoms with Crippen LogP contribution in [0.3, 0.4) is 0 Å². The van der Waals surface area contributed by atoms with Gasteiger partial charge in [-0.05, 0) is 0 Å². The van der Waals surface area contributed by atoms with Gasteiger partial charge >= 0.3 is 0 Å². The molecule has 0 unspecified atom stereocenters. The average molecular weight is 165 g/mol. The molecule has 0 saturated carbocycles. The zero-order valence-corrected chi connectivity index (χ0v) is 6.28. The Balaban J connectivity index is 2.26. The first-order valence-electron chi connectivity index (χ1n) is 3.59. The number of ketones is 1. The Labute approximate surface area is 68.4 Å². The van der Waals surface area contributed by atoms with Crippen LogP contribution in [0, 0.1) is 0 Å². The van der Waals surface area contributed by atoms with Crippen LogP contribution in [-0.2, 0) is 9.59 Å². The molecule has 2 rings (SSSR count). The van der Waals surface area contributed by atoms with Crippen molar-refractivity contribution in [3.8, 4) is 0 Å². The number of hydrogen-bond donors (Lipinski definition) is 1. The molecule has 1 aromatic rings. The normalized spacial score (nSPS) is 17.5. The highest BCUT2D eigenvalue weighted by molar-refractivity contribution is 6.14. The largest absolute Gasteiger partial charge is 0.297 e. The van der Waals surface area contributed by atoms with E-state index < -0.39 is 0 Å². The molecule has 1 N–H and O–H groups in total. The molecule has 62 valence electrons. The molecule has 1 aromatic heterocycles. The van der Waals surface area contributed by atoms with Gasteiger partial charge in [-0.3, -0.25) is 19.6 Å². The summed E-state index contributed by atoms with van der Waals surface area (Å²) in [5.74, 6) is 0.379. The third kappa shape index (κ3) is 0.990. The van der Waals surface area contributed by atoms with Gasteiger partial charge in [-0.25, -0.2) is 0 Å². The summed E-state index contributed by atoms with van der Waals surface area (Å²) in [6.45, 7) is 0.168.